The zero-order chi connectivity index (χ0) is 19.8. The number of rotatable bonds is 2. The zero-order valence-corrected chi connectivity index (χ0v) is 17.3. The third kappa shape index (κ3) is 2.69. The van der Waals surface area contributed by atoms with Crippen molar-refractivity contribution in [2.75, 3.05) is 0 Å². The van der Waals surface area contributed by atoms with Crippen molar-refractivity contribution < 1.29 is 14.6 Å². The van der Waals surface area contributed by atoms with Gasteiger partial charge in [-0.15, -0.1) is 0 Å². The van der Waals surface area contributed by atoms with Gasteiger partial charge < -0.3 is 9.84 Å². The molecule has 29 heavy (non-hydrogen) atoms. The van der Waals surface area contributed by atoms with Gasteiger partial charge in [0.05, 0.1) is 12.0 Å². The van der Waals surface area contributed by atoms with Crippen molar-refractivity contribution >= 4 is 5.97 Å². The van der Waals surface area contributed by atoms with Gasteiger partial charge in [0.1, 0.15) is 5.75 Å². The lowest BCUT2D eigenvalue weighted by molar-refractivity contribution is -0.139. The number of carbonyl (C=O) groups is 1. The molecule has 1 N–H and O–H groups in total. The molecule has 8 atom stereocenters. The van der Waals surface area contributed by atoms with E-state index in [1.165, 1.54) is 30.4 Å². The zero-order valence-electron chi connectivity index (χ0n) is 17.3. The maximum atomic E-state index is 12.7. The molecule has 0 aromatic heterocycles. The van der Waals surface area contributed by atoms with E-state index in [4.69, 9.17) is 4.74 Å². The Balaban J connectivity index is 1.21. The van der Waals surface area contributed by atoms with Gasteiger partial charge in [-0.2, -0.15) is 0 Å². The minimum absolute atomic E-state index is 0.0381. The van der Waals surface area contributed by atoms with E-state index in [1.54, 1.807) is 0 Å². The molecule has 0 radical (unpaired) electrons. The maximum absolute atomic E-state index is 12.7. The van der Waals surface area contributed by atoms with Crippen LogP contribution in [0, 0.1) is 35.0 Å². The summed E-state index contributed by atoms with van der Waals surface area (Å²) in [4.78, 5) is 12.7. The molecule has 0 saturated heterocycles. The second kappa shape index (κ2) is 6.44. The average Bonchev–Trinajstić information content (AvgIpc) is 3.43. The van der Waals surface area contributed by atoms with Gasteiger partial charge in [-0.3, -0.25) is 4.79 Å². The molecule has 0 aliphatic heterocycles. The van der Waals surface area contributed by atoms with Gasteiger partial charge in [-0.25, -0.2) is 0 Å². The Bertz CT molecular complexity index is 873. The van der Waals surface area contributed by atoms with Crippen LogP contribution < -0.4 is 4.74 Å². The Morgan fingerprint density at radius 3 is 2.83 bits per heavy atom. The SMILES string of the molecule is C[C@]12CC[C@@H]3c4ccc(OC(=O)C5CC6C=CC5C6)cc4CC[C@H]3[C@@H]1CC[C@@H]2O. The number of aliphatic hydroxyl groups is 1. The van der Waals surface area contributed by atoms with E-state index in [1.807, 2.05) is 6.07 Å². The first kappa shape index (κ1) is 18.2. The van der Waals surface area contributed by atoms with Crippen LogP contribution in [0.5, 0.6) is 5.75 Å². The molecule has 6 rings (SSSR count). The fourth-order valence-electron chi connectivity index (χ4n) is 7.84. The summed E-state index contributed by atoms with van der Waals surface area (Å²) in [6.45, 7) is 2.33. The largest absolute Gasteiger partial charge is 0.426 e. The first-order valence-corrected chi connectivity index (χ1v) is 11.7. The first-order valence-electron chi connectivity index (χ1n) is 11.7. The first-order chi connectivity index (χ1) is 14.0. The summed E-state index contributed by atoms with van der Waals surface area (Å²) in [5, 5.41) is 10.6. The van der Waals surface area contributed by atoms with Crippen LogP contribution in [0.2, 0.25) is 0 Å². The molecule has 2 bridgehead atoms. The van der Waals surface area contributed by atoms with Gasteiger partial charge in [0, 0.05) is 0 Å². The normalized spacial score (nSPS) is 44.3. The quantitative estimate of drug-likeness (QED) is 0.437. The number of ether oxygens (including phenoxy) is 1. The summed E-state index contributed by atoms with van der Waals surface area (Å²) in [6, 6.07) is 6.41. The van der Waals surface area contributed by atoms with Crippen LogP contribution in [-0.4, -0.2) is 17.2 Å². The molecule has 5 aliphatic carbocycles. The molecule has 3 fully saturated rings. The highest BCUT2D eigenvalue weighted by Gasteiger charge is 2.54. The molecule has 3 saturated carbocycles. The van der Waals surface area contributed by atoms with Crippen molar-refractivity contribution in [3.63, 3.8) is 0 Å². The van der Waals surface area contributed by atoms with Crippen molar-refractivity contribution in [1.29, 1.82) is 0 Å². The smallest absolute Gasteiger partial charge is 0.314 e. The van der Waals surface area contributed by atoms with E-state index in [2.05, 4.69) is 31.2 Å². The Kier molecular flexibility index (Phi) is 4.04. The lowest BCUT2D eigenvalue weighted by Gasteiger charge is -2.50. The van der Waals surface area contributed by atoms with Crippen LogP contribution in [0.3, 0.4) is 0 Å². The van der Waals surface area contributed by atoms with Gasteiger partial charge >= 0.3 is 5.97 Å². The third-order valence-electron chi connectivity index (χ3n) is 9.45. The molecule has 3 nitrogen and oxygen atoms in total. The van der Waals surface area contributed by atoms with Crippen molar-refractivity contribution in [2.45, 2.75) is 70.3 Å². The second-order valence-corrected chi connectivity index (χ2v) is 10.7. The number of esters is 1. The van der Waals surface area contributed by atoms with Crippen LogP contribution in [0.15, 0.2) is 30.4 Å². The Hall–Kier alpha value is -1.61. The second-order valence-electron chi connectivity index (χ2n) is 10.7. The number of benzene rings is 1. The highest BCUT2D eigenvalue weighted by molar-refractivity contribution is 5.76. The minimum atomic E-state index is -0.114. The number of hydrogen-bond acceptors (Lipinski definition) is 3. The van der Waals surface area contributed by atoms with Crippen LogP contribution in [0.25, 0.3) is 0 Å². The highest BCUT2D eigenvalue weighted by Crippen LogP contribution is 2.61. The van der Waals surface area contributed by atoms with E-state index < -0.39 is 0 Å². The predicted molar refractivity (Wildman–Crippen MR) is 112 cm³/mol. The van der Waals surface area contributed by atoms with Crippen LogP contribution in [0.4, 0.5) is 0 Å². The van der Waals surface area contributed by atoms with Gasteiger partial charge in [-0.1, -0.05) is 25.1 Å². The molecule has 3 unspecified atom stereocenters. The number of aryl methyl sites for hydroxylation is 1. The molecular weight excluding hydrogens is 360 g/mol. The molecular formula is C26H32O3. The highest BCUT2D eigenvalue weighted by atomic mass is 16.5. The Labute approximate surface area is 173 Å². The van der Waals surface area contributed by atoms with Gasteiger partial charge in [-0.05, 0) is 110 Å². The maximum Gasteiger partial charge on any atom is 0.314 e. The van der Waals surface area contributed by atoms with E-state index in [9.17, 15) is 9.90 Å². The Morgan fingerprint density at radius 1 is 1.14 bits per heavy atom. The standard InChI is InChI=1S/C26H32O3/c1-26-11-10-20-19-7-5-18(29-25(28)22-13-15-2-3-16(22)12-15)14-17(19)4-6-21(20)23(26)8-9-24(26)27/h2-3,5,7,14-16,20-24,27H,4,6,8-13H2,1H3/t15?,16?,20-,21-,22?,23+,24+,26+/m1/s1. The van der Waals surface area contributed by atoms with E-state index >= 15 is 0 Å². The van der Waals surface area contributed by atoms with Crippen LogP contribution in [0.1, 0.15) is 68.9 Å². The molecule has 154 valence electrons. The van der Waals surface area contributed by atoms with E-state index in [0.29, 0.717) is 29.6 Å². The average molecular weight is 393 g/mol. The fourth-order valence-corrected chi connectivity index (χ4v) is 7.84. The number of aliphatic hydroxyl groups excluding tert-OH is 1. The van der Waals surface area contributed by atoms with E-state index in [0.717, 1.165) is 37.9 Å². The predicted octanol–water partition coefficient (Wildman–Crippen LogP) is 5.02. The fraction of sp³-hybridized carbons (Fsp3) is 0.654. The molecule has 3 heteroatoms. The molecule has 0 amide bonds. The lowest BCUT2D eigenvalue weighted by Crippen LogP contribution is -2.43. The number of fused-ring (bicyclic) bond motifs is 7. The Morgan fingerprint density at radius 2 is 2.03 bits per heavy atom. The van der Waals surface area contributed by atoms with Gasteiger partial charge in [0.15, 0.2) is 0 Å². The molecule has 0 spiro atoms. The number of carbonyl (C=O) groups excluding carboxylic acids is 1. The molecule has 1 aromatic rings. The summed E-state index contributed by atoms with van der Waals surface area (Å²) in [6.07, 6.45) is 13.2. The van der Waals surface area contributed by atoms with Crippen molar-refractivity contribution in [3.8, 4) is 5.75 Å². The topological polar surface area (TPSA) is 46.5 Å². The molecule has 0 heterocycles. The van der Waals surface area contributed by atoms with Crippen molar-refractivity contribution in [1.82, 2.24) is 0 Å². The number of hydrogen-bond donors (Lipinski definition) is 1. The van der Waals surface area contributed by atoms with Crippen molar-refractivity contribution in [3.05, 3.63) is 41.5 Å². The number of allylic oxidation sites excluding steroid dienone is 2. The van der Waals surface area contributed by atoms with Gasteiger partial charge in [0.25, 0.3) is 0 Å². The van der Waals surface area contributed by atoms with Crippen LogP contribution >= 0.6 is 0 Å². The van der Waals surface area contributed by atoms with Gasteiger partial charge in [0.2, 0.25) is 0 Å². The molecule has 5 aliphatic rings. The minimum Gasteiger partial charge on any atom is -0.426 e. The summed E-state index contributed by atoms with van der Waals surface area (Å²) in [7, 11) is 0. The summed E-state index contributed by atoms with van der Waals surface area (Å²) < 4.78 is 5.85. The summed E-state index contributed by atoms with van der Waals surface area (Å²) in [5.41, 5.74) is 2.99. The van der Waals surface area contributed by atoms with Crippen molar-refractivity contribution in [2.24, 2.45) is 35.0 Å². The monoisotopic (exact) mass is 392 g/mol. The van der Waals surface area contributed by atoms with E-state index in [-0.39, 0.29) is 23.4 Å². The van der Waals surface area contributed by atoms with Crippen LogP contribution in [-0.2, 0) is 11.2 Å². The molecule has 1 aromatic carbocycles. The third-order valence-corrected chi connectivity index (χ3v) is 9.45. The summed E-state index contributed by atoms with van der Waals surface area (Å²) >= 11 is 0. The lowest BCUT2D eigenvalue weighted by atomic mass is 9.55. The summed E-state index contributed by atoms with van der Waals surface area (Å²) in [5.74, 6) is 3.70.